The van der Waals surface area contributed by atoms with Gasteiger partial charge in [0.15, 0.2) is 5.03 Å². The number of rotatable bonds is 8. The SMILES string of the molecule is CCCNCc1cn[nH]c1S(=O)(=O)N(C)CC1CCC1. The van der Waals surface area contributed by atoms with Crippen LogP contribution < -0.4 is 5.32 Å². The standard InChI is InChI=1S/C13H24N4O2S/c1-3-7-14-8-12-9-15-16-13(12)20(18,19)17(2)10-11-5-4-6-11/h9,11,14H,3-8,10H2,1-2H3,(H,15,16). The van der Waals surface area contributed by atoms with E-state index in [1.54, 1.807) is 13.2 Å². The van der Waals surface area contributed by atoms with E-state index in [1.807, 2.05) is 0 Å². The largest absolute Gasteiger partial charge is 0.313 e. The number of sulfonamides is 1. The zero-order valence-corrected chi connectivity index (χ0v) is 13.0. The average Bonchev–Trinajstić information content (AvgIpc) is 2.83. The third-order valence-electron chi connectivity index (χ3n) is 3.83. The molecule has 1 aromatic rings. The van der Waals surface area contributed by atoms with Crippen LogP contribution in [-0.2, 0) is 16.6 Å². The molecule has 1 aliphatic carbocycles. The molecule has 0 amide bonds. The van der Waals surface area contributed by atoms with Gasteiger partial charge in [-0.15, -0.1) is 0 Å². The Labute approximate surface area is 121 Å². The number of aromatic nitrogens is 2. The summed E-state index contributed by atoms with van der Waals surface area (Å²) >= 11 is 0. The second-order valence-corrected chi connectivity index (χ2v) is 7.47. The molecule has 1 saturated carbocycles. The van der Waals surface area contributed by atoms with Gasteiger partial charge in [-0.05, 0) is 31.7 Å². The molecule has 0 unspecified atom stereocenters. The highest BCUT2D eigenvalue weighted by Crippen LogP contribution is 2.28. The summed E-state index contributed by atoms with van der Waals surface area (Å²) in [6, 6.07) is 0. The second kappa shape index (κ2) is 6.69. The van der Waals surface area contributed by atoms with Crippen LogP contribution in [0.25, 0.3) is 0 Å². The van der Waals surface area contributed by atoms with Gasteiger partial charge in [0.1, 0.15) is 0 Å². The summed E-state index contributed by atoms with van der Waals surface area (Å²) in [5, 5.41) is 9.97. The van der Waals surface area contributed by atoms with E-state index in [1.165, 1.54) is 10.7 Å². The summed E-state index contributed by atoms with van der Waals surface area (Å²) in [7, 11) is -1.81. The summed E-state index contributed by atoms with van der Waals surface area (Å²) in [5.41, 5.74) is 0.707. The molecule has 1 heterocycles. The lowest BCUT2D eigenvalue weighted by atomic mass is 9.86. The average molecular weight is 300 g/mol. The van der Waals surface area contributed by atoms with E-state index >= 15 is 0 Å². The van der Waals surface area contributed by atoms with Gasteiger partial charge >= 0.3 is 0 Å². The lowest BCUT2D eigenvalue weighted by Crippen LogP contribution is -2.35. The predicted octanol–water partition coefficient (Wildman–Crippen LogP) is 1.33. The Hall–Kier alpha value is -0.920. The van der Waals surface area contributed by atoms with Crippen LogP contribution in [0, 0.1) is 5.92 Å². The van der Waals surface area contributed by atoms with Crippen molar-refractivity contribution in [2.75, 3.05) is 20.1 Å². The Bertz CT molecular complexity index is 522. The summed E-state index contributed by atoms with van der Waals surface area (Å²) in [6.45, 7) is 4.06. The predicted molar refractivity (Wildman–Crippen MR) is 77.7 cm³/mol. The van der Waals surface area contributed by atoms with Crippen molar-refractivity contribution in [2.45, 2.75) is 44.2 Å². The van der Waals surface area contributed by atoms with Crippen LogP contribution in [0.2, 0.25) is 0 Å². The highest BCUT2D eigenvalue weighted by atomic mass is 32.2. The summed E-state index contributed by atoms with van der Waals surface area (Å²) in [5.74, 6) is 0.513. The molecular weight excluding hydrogens is 276 g/mol. The van der Waals surface area contributed by atoms with Crippen molar-refractivity contribution in [1.82, 2.24) is 19.8 Å². The zero-order valence-electron chi connectivity index (χ0n) is 12.2. The van der Waals surface area contributed by atoms with Gasteiger partial charge in [-0.1, -0.05) is 13.3 Å². The molecular formula is C13H24N4O2S. The van der Waals surface area contributed by atoms with Crippen molar-refractivity contribution in [3.8, 4) is 0 Å². The van der Waals surface area contributed by atoms with Crippen LogP contribution in [0.1, 0.15) is 38.2 Å². The highest BCUT2D eigenvalue weighted by Gasteiger charge is 2.29. The van der Waals surface area contributed by atoms with Gasteiger partial charge < -0.3 is 5.32 Å². The molecule has 2 rings (SSSR count). The minimum atomic E-state index is -3.46. The molecule has 0 bridgehead atoms. The first-order valence-corrected chi connectivity index (χ1v) is 8.69. The first-order chi connectivity index (χ1) is 9.55. The minimum absolute atomic E-state index is 0.225. The van der Waals surface area contributed by atoms with E-state index in [9.17, 15) is 8.42 Å². The van der Waals surface area contributed by atoms with Crippen molar-refractivity contribution in [3.63, 3.8) is 0 Å². The Balaban J connectivity index is 2.06. The maximum absolute atomic E-state index is 12.5. The molecule has 6 nitrogen and oxygen atoms in total. The Morgan fingerprint density at radius 3 is 2.85 bits per heavy atom. The number of H-pyrrole nitrogens is 1. The molecule has 0 aliphatic heterocycles. The first kappa shape index (κ1) is 15.5. The van der Waals surface area contributed by atoms with E-state index in [-0.39, 0.29) is 5.03 Å². The van der Waals surface area contributed by atoms with Crippen LogP contribution in [0.5, 0.6) is 0 Å². The van der Waals surface area contributed by atoms with Crippen LogP contribution >= 0.6 is 0 Å². The number of nitrogens with zero attached hydrogens (tertiary/aromatic N) is 2. The molecule has 20 heavy (non-hydrogen) atoms. The molecule has 2 N–H and O–H groups in total. The van der Waals surface area contributed by atoms with Gasteiger partial charge in [0, 0.05) is 25.7 Å². The lowest BCUT2D eigenvalue weighted by Gasteiger charge is -2.29. The quantitative estimate of drug-likeness (QED) is 0.710. The van der Waals surface area contributed by atoms with Crippen LogP contribution in [0.3, 0.4) is 0 Å². The molecule has 0 radical (unpaired) electrons. The molecule has 1 aromatic heterocycles. The van der Waals surface area contributed by atoms with Crippen molar-refractivity contribution < 1.29 is 8.42 Å². The highest BCUT2D eigenvalue weighted by molar-refractivity contribution is 7.89. The monoisotopic (exact) mass is 300 g/mol. The number of hydrogen-bond donors (Lipinski definition) is 2. The Kier molecular flexibility index (Phi) is 5.17. The summed E-state index contributed by atoms with van der Waals surface area (Å²) in [4.78, 5) is 0. The Morgan fingerprint density at radius 1 is 1.50 bits per heavy atom. The van der Waals surface area contributed by atoms with E-state index in [0.717, 1.165) is 25.8 Å². The molecule has 1 fully saturated rings. The van der Waals surface area contributed by atoms with E-state index < -0.39 is 10.0 Å². The zero-order chi connectivity index (χ0) is 14.6. The van der Waals surface area contributed by atoms with Gasteiger partial charge in [-0.3, -0.25) is 5.10 Å². The smallest absolute Gasteiger partial charge is 0.260 e. The number of hydrogen-bond acceptors (Lipinski definition) is 4. The number of aromatic amines is 1. The van der Waals surface area contributed by atoms with Gasteiger partial charge in [0.2, 0.25) is 0 Å². The minimum Gasteiger partial charge on any atom is -0.313 e. The van der Waals surface area contributed by atoms with Crippen molar-refractivity contribution in [3.05, 3.63) is 11.8 Å². The fourth-order valence-electron chi connectivity index (χ4n) is 2.34. The van der Waals surface area contributed by atoms with Crippen molar-refractivity contribution >= 4 is 10.0 Å². The molecule has 1 aliphatic rings. The third kappa shape index (κ3) is 3.39. The molecule has 0 spiro atoms. The molecule has 0 atom stereocenters. The fourth-order valence-corrected chi connectivity index (χ4v) is 3.68. The van der Waals surface area contributed by atoms with Crippen LogP contribution in [0.15, 0.2) is 11.2 Å². The lowest BCUT2D eigenvalue weighted by molar-refractivity contribution is 0.262. The van der Waals surface area contributed by atoms with E-state index in [0.29, 0.717) is 24.6 Å². The van der Waals surface area contributed by atoms with Gasteiger partial charge in [0.05, 0.1) is 6.20 Å². The van der Waals surface area contributed by atoms with Crippen LogP contribution in [0.4, 0.5) is 0 Å². The second-order valence-electron chi connectivity index (χ2n) is 5.48. The fraction of sp³-hybridized carbons (Fsp3) is 0.769. The molecule has 0 saturated heterocycles. The van der Waals surface area contributed by atoms with Crippen molar-refractivity contribution in [1.29, 1.82) is 0 Å². The summed E-state index contributed by atoms with van der Waals surface area (Å²) < 4.78 is 26.6. The van der Waals surface area contributed by atoms with Crippen LogP contribution in [-0.4, -0.2) is 43.1 Å². The topological polar surface area (TPSA) is 78.1 Å². The van der Waals surface area contributed by atoms with E-state index in [2.05, 4.69) is 22.4 Å². The molecule has 114 valence electrons. The molecule has 0 aromatic carbocycles. The van der Waals surface area contributed by atoms with Gasteiger partial charge in [-0.25, -0.2) is 8.42 Å². The van der Waals surface area contributed by atoms with Gasteiger partial charge in [0.25, 0.3) is 10.0 Å². The summed E-state index contributed by atoms with van der Waals surface area (Å²) in [6.07, 6.45) is 6.09. The van der Waals surface area contributed by atoms with E-state index in [4.69, 9.17) is 0 Å². The third-order valence-corrected chi connectivity index (χ3v) is 5.67. The Morgan fingerprint density at radius 2 is 2.25 bits per heavy atom. The molecule has 7 heteroatoms. The number of nitrogens with one attached hydrogen (secondary N) is 2. The first-order valence-electron chi connectivity index (χ1n) is 7.25. The van der Waals surface area contributed by atoms with Crippen molar-refractivity contribution in [2.24, 2.45) is 5.92 Å². The maximum Gasteiger partial charge on any atom is 0.260 e. The normalized spacial score (nSPS) is 16.6. The van der Waals surface area contributed by atoms with Gasteiger partial charge in [-0.2, -0.15) is 9.40 Å². The maximum atomic E-state index is 12.5.